The van der Waals surface area contributed by atoms with Crippen molar-refractivity contribution in [2.24, 2.45) is 5.10 Å². The summed E-state index contributed by atoms with van der Waals surface area (Å²) in [6, 6.07) is 16.6. The molecule has 2 N–H and O–H groups in total. The lowest BCUT2D eigenvalue weighted by atomic mass is 10.1. The first kappa shape index (κ1) is 16.3. The topological polar surface area (TPSA) is 57.2 Å². The van der Waals surface area contributed by atoms with Crippen molar-refractivity contribution in [3.05, 3.63) is 82.0 Å². The van der Waals surface area contributed by atoms with Crippen LogP contribution in [-0.4, -0.2) is 17.1 Å². The van der Waals surface area contributed by atoms with Crippen LogP contribution in [-0.2, 0) is 0 Å². The molecule has 120 valence electrons. The largest absolute Gasteiger partial charge is 0.360 e. The number of H-pyrrole nitrogens is 1. The summed E-state index contributed by atoms with van der Waals surface area (Å²) in [5, 5.41) is 4.84. The Kier molecular flexibility index (Phi) is 4.99. The van der Waals surface area contributed by atoms with Crippen molar-refractivity contribution in [1.82, 2.24) is 10.4 Å². The molecule has 2 aromatic carbocycles. The van der Waals surface area contributed by atoms with Crippen LogP contribution in [0.5, 0.6) is 0 Å². The highest BCUT2D eigenvalue weighted by atomic mass is 35.5. The molecule has 0 atom stereocenters. The Balaban J connectivity index is 1.66. The normalized spacial score (nSPS) is 10.9. The first-order chi connectivity index (χ1) is 11.6. The zero-order valence-electron chi connectivity index (χ0n) is 12.5. The number of hydrogen-bond donors (Lipinski definition) is 2. The van der Waals surface area contributed by atoms with E-state index in [9.17, 15) is 4.79 Å². The number of nitrogens with one attached hydrogen (secondary N) is 2. The average Bonchev–Trinajstić information content (AvgIpc) is 3.09. The summed E-state index contributed by atoms with van der Waals surface area (Å²) in [5.74, 6) is -0.301. The van der Waals surface area contributed by atoms with Gasteiger partial charge in [0.1, 0.15) is 0 Å². The third kappa shape index (κ3) is 3.85. The van der Waals surface area contributed by atoms with E-state index in [2.05, 4.69) is 15.5 Å². The maximum Gasteiger partial charge on any atom is 0.272 e. The van der Waals surface area contributed by atoms with E-state index in [1.807, 2.05) is 30.3 Å². The maximum absolute atomic E-state index is 12.1. The Labute approximate surface area is 149 Å². The minimum atomic E-state index is -0.301. The van der Waals surface area contributed by atoms with Gasteiger partial charge in [-0.2, -0.15) is 5.10 Å². The first-order valence-electron chi connectivity index (χ1n) is 7.16. The van der Waals surface area contributed by atoms with Gasteiger partial charge in [-0.05, 0) is 29.3 Å². The van der Waals surface area contributed by atoms with Gasteiger partial charge in [0.05, 0.1) is 21.8 Å². The van der Waals surface area contributed by atoms with Crippen LogP contribution in [0.4, 0.5) is 0 Å². The molecule has 0 saturated heterocycles. The van der Waals surface area contributed by atoms with Gasteiger partial charge >= 0.3 is 0 Å². The van der Waals surface area contributed by atoms with Crippen LogP contribution in [0.2, 0.25) is 10.0 Å². The lowest BCUT2D eigenvalue weighted by molar-refractivity contribution is 0.0955. The van der Waals surface area contributed by atoms with Crippen molar-refractivity contribution in [3.8, 4) is 11.3 Å². The second-order valence-corrected chi connectivity index (χ2v) is 5.86. The second-order valence-electron chi connectivity index (χ2n) is 5.04. The fourth-order valence-corrected chi connectivity index (χ4v) is 2.44. The molecule has 0 spiro atoms. The van der Waals surface area contributed by atoms with Gasteiger partial charge < -0.3 is 4.98 Å². The molecule has 1 heterocycles. The van der Waals surface area contributed by atoms with Gasteiger partial charge in [-0.15, -0.1) is 0 Å². The Morgan fingerprint density at radius 1 is 1.04 bits per heavy atom. The number of halogens is 2. The number of hydrazone groups is 1. The fourth-order valence-electron chi connectivity index (χ4n) is 2.13. The van der Waals surface area contributed by atoms with Gasteiger partial charge in [0, 0.05) is 11.9 Å². The van der Waals surface area contributed by atoms with E-state index in [0.717, 1.165) is 16.8 Å². The predicted molar refractivity (Wildman–Crippen MR) is 97.8 cm³/mol. The second kappa shape index (κ2) is 7.34. The lowest BCUT2D eigenvalue weighted by Gasteiger charge is -1.98. The molecular weight excluding hydrogens is 345 g/mol. The Hall–Kier alpha value is -2.56. The highest BCUT2D eigenvalue weighted by molar-refractivity contribution is 6.42. The van der Waals surface area contributed by atoms with Gasteiger partial charge in [0.25, 0.3) is 5.91 Å². The summed E-state index contributed by atoms with van der Waals surface area (Å²) in [7, 11) is 0. The molecule has 24 heavy (non-hydrogen) atoms. The van der Waals surface area contributed by atoms with Crippen LogP contribution in [0.1, 0.15) is 15.9 Å². The molecule has 6 heteroatoms. The van der Waals surface area contributed by atoms with Crippen molar-refractivity contribution >= 4 is 35.3 Å². The van der Waals surface area contributed by atoms with Gasteiger partial charge in [-0.1, -0.05) is 59.6 Å². The zero-order valence-corrected chi connectivity index (χ0v) is 14.0. The van der Waals surface area contributed by atoms with Crippen molar-refractivity contribution in [1.29, 1.82) is 0 Å². The third-order valence-electron chi connectivity index (χ3n) is 3.35. The van der Waals surface area contributed by atoms with E-state index in [-0.39, 0.29) is 5.91 Å². The Morgan fingerprint density at radius 3 is 2.58 bits per heavy atom. The van der Waals surface area contributed by atoms with Crippen molar-refractivity contribution < 1.29 is 4.79 Å². The van der Waals surface area contributed by atoms with Gasteiger partial charge in [0.2, 0.25) is 0 Å². The molecule has 0 aliphatic rings. The number of aromatic nitrogens is 1. The molecule has 3 rings (SSSR count). The molecule has 1 amide bonds. The van der Waals surface area contributed by atoms with Crippen LogP contribution in [0.3, 0.4) is 0 Å². The Bertz CT molecular complexity index is 888. The number of amides is 1. The van der Waals surface area contributed by atoms with E-state index in [1.165, 1.54) is 6.21 Å². The molecule has 3 aromatic rings. The number of carbonyl (C=O) groups excluding carboxylic acids is 1. The predicted octanol–water partition coefficient (Wildman–Crippen LogP) is 4.75. The smallest absolute Gasteiger partial charge is 0.272 e. The molecule has 0 radical (unpaired) electrons. The quantitative estimate of drug-likeness (QED) is 0.513. The summed E-state index contributed by atoms with van der Waals surface area (Å²) in [6.45, 7) is 0. The number of carbonyl (C=O) groups is 1. The van der Waals surface area contributed by atoms with Crippen molar-refractivity contribution in [2.75, 3.05) is 0 Å². The van der Waals surface area contributed by atoms with E-state index < -0.39 is 0 Å². The number of benzene rings is 2. The summed E-state index contributed by atoms with van der Waals surface area (Å²) in [4.78, 5) is 15.2. The van der Waals surface area contributed by atoms with Crippen LogP contribution < -0.4 is 5.43 Å². The summed E-state index contributed by atoms with van der Waals surface area (Å²) in [5.41, 5.74) is 5.60. The minimum Gasteiger partial charge on any atom is -0.360 e. The van der Waals surface area contributed by atoms with E-state index in [1.54, 1.807) is 30.5 Å². The van der Waals surface area contributed by atoms with E-state index >= 15 is 0 Å². The van der Waals surface area contributed by atoms with Crippen LogP contribution >= 0.6 is 23.2 Å². The minimum absolute atomic E-state index is 0.301. The van der Waals surface area contributed by atoms with Gasteiger partial charge in [-0.25, -0.2) is 5.43 Å². The summed E-state index contributed by atoms with van der Waals surface area (Å²) < 4.78 is 0. The Morgan fingerprint density at radius 2 is 1.83 bits per heavy atom. The molecule has 0 aliphatic carbocycles. The number of aromatic amines is 1. The first-order valence-corrected chi connectivity index (χ1v) is 7.91. The van der Waals surface area contributed by atoms with Crippen molar-refractivity contribution in [2.45, 2.75) is 0 Å². The number of nitrogens with zero attached hydrogens (tertiary/aromatic N) is 1. The molecule has 0 fully saturated rings. The van der Waals surface area contributed by atoms with E-state index in [0.29, 0.717) is 15.6 Å². The highest BCUT2D eigenvalue weighted by Crippen LogP contribution is 2.22. The van der Waals surface area contributed by atoms with Crippen LogP contribution in [0, 0.1) is 0 Å². The molecule has 1 aromatic heterocycles. The maximum atomic E-state index is 12.1. The highest BCUT2D eigenvalue weighted by Gasteiger charge is 2.08. The number of rotatable bonds is 4. The molecule has 0 saturated carbocycles. The third-order valence-corrected chi connectivity index (χ3v) is 4.09. The van der Waals surface area contributed by atoms with Crippen LogP contribution in [0.15, 0.2) is 65.9 Å². The van der Waals surface area contributed by atoms with E-state index in [4.69, 9.17) is 23.2 Å². The SMILES string of the molecule is O=C(N/N=C/c1ccc(Cl)c(Cl)c1)c1c[nH]c(-c2ccccc2)c1. The average molecular weight is 358 g/mol. The molecule has 0 unspecified atom stereocenters. The fraction of sp³-hybridized carbons (Fsp3) is 0. The standard InChI is InChI=1S/C18H13Cl2N3O/c19-15-7-6-12(8-16(15)20)10-22-23-18(24)14-9-17(21-11-14)13-4-2-1-3-5-13/h1-11,21H,(H,23,24)/b22-10+. The lowest BCUT2D eigenvalue weighted by Crippen LogP contribution is -2.16. The van der Waals surface area contributed by atoms with Crippen molar-refractivity contribution in [3.63, 3.8) is 0 Å². The molecular formula is C18H13Cl2N3O. The monoisotopic (exact) mass is 357 g/mol. The van der Waals surface area contributed by atoms with Crippen LogP contribution in [0.25, 0.3) is 11.3 Å². The summed E-state index contributed by atoms with van der Waals surface area (Å²) in [6.07, 6.45) is 3.15. The molecule has 0 bridgehead atoms. The molecule has 4 nitrogen and oxygen atoms in total. The summed E-state index contributed by atoms with van der Waals surface area (Å²) >= 11 is 11.8. The van der Waals surface area contributed by atoms with Gasteiger partial charge in [-0.3, -0.25) is 4.79 Å². The van der Waals surface area contributed by atoms with Gasteiger partial charge in [0.15, 0.2) is 0 Å². The zero-order chi connectivity index (χ0) is 16.9. The number of hydrogen-bond acceptors (Lipinski definition) is 2. The molecule has 0 aliphatic heterocycles.